The second-order valence-corrected chi connectivity index (χ2v) is 9.94. The third-order valence-corrected chi connectivity index (χ3v) is 6.28. The van der Waals surface area contributed by atoms with E-state index in [1.54, 1.807) is 0 Å². The second kappa shape index (κ2) is 5.99. The summed E-state index contributed by atoms with van der Waals surface area (Å²) < 4.78 is 47.7. The third kappa shape index (κ3) is 6.73. The first-order valence-electron chi connectivity index (χ1n) is 5.50. The quantitative estimate of drug-likeness (QED) is 0.740. The zero-order valence-electron chi connectivity index (χ0n) is 9.72. The Kier molecular flexibility index (Phi) is 5.42. The molecule has 102 valence electrons. The fraction of sp³-hybridized carbons (Fsp3) is 1.00. The Bertz CT molecular complexity index is 438. The largest absolute Gasteiger partial charge is 0.229 e. The molecule has 0 heterocycles. The van der Waals surface area contributed by atoms with Gasteiger partial charge in [0, 0.05) is 17.1 Å². The molecule has 0 aromatic heterocycles. The van der Waals surface area contributed by atoms with Gasteiger partial charge in [-0.1, -0.05) is 15.9 Å². The molecule has 0 unspecified atom stereocenters. The van der Waals surface area contributed by atoms with Crippen molar-refractivity contribution in [2.75, 3.05) is 17.8 Å². The summed E-state index contributed by atoms with van der Waals surface area (Å²) >= 11 is 3.50. The van der Waals surface area contributed by atoms with Gasteiger partial charge in [-0.3, -0.25) is 0 Å². The molecule has 0 bridgehead atoms. The van der Waals surface area contributed by atoms with Crippen LogP contribution in [0.1, 0.15) is 25.7 Å². The van der Waals surface area contributed by atoms with Gasteiger partial charge in [-0.15, -0.1) is 0 Å². The summed E-state index contributed by atoms with van der Waals surface area (Å²) in [6, 6.07) is -0.0478. The topological polar surface area (TPSA) is 80.3 Å². The highest BCUT2D eigenvalue weighted by Crippen LogP contribution is 2.24. The lowest BCUT2D eigenvalue weighted by Gasteiger charge is -2.25. The molecule has 1 rings (SSSR count). The highest BCUT2D eigenvalue weighted by molar-refractivity contribution is 9.09. The first-order valence-corrected chi connectivity index (χ1v) is 10.1. The fourth-order valence-corrected chi connectivity index (χ4v) is 5.22. The monoisotopic (exact) mass is 347 g/mol. The molecule has 0 saturated heterocycles. The number of hydrogen-bond donors (Lipinski definition) is 1. The van der Waals surface area contributed by atoms with E-state index in [4.69, 9.17) is 0 Å². The van der Waals surface area contributed by atoms with Crippen LogP contribution in [0.5, 0.6) is 0 Å². The molecule has 17 heavy (non-hydrogen) atoms. The van der Waals surface area contributed by atoms with E-state index in [1.165, 1.54) is 0 Å². The van der Waals surface area contributed by atoms with E-state index in [0.717, 1.165) is 31.9 Å². The van der Waals surface area contributed by atoms with E-state index < -0.39 is 19.9 Å². The Morgan fingerprint density at radius 2 is 1.59 bits per heavy atom. The molecule has 0 aromatic carbocycles. The van der Waals surface area contributed by atoms with Gasteiger partial charge >= 0.3 is 0 Å². The third-order valence-electron chi connectivity index (χ3n) is 2.73. The number of rotatable bonds is 5. The number of sulfone groups is 1. The van der Waals surface area contributed by atoms with Crippen molar-refractivity contribution in [1.29, 1.82) is 0 Å². The van der Waals surface area contributed by atoms with Gasteiger partial charge in [-0.25, -0.2) is 21.6 Å². The minimum atomic E-state index is -3.48. The standard InChI is InChI=1S/C9H18BrNO4S2/c1-16(12,13)6-7-17(14,15)11-9-4-2-8(10)3-5-9/h8-9,11H,2-7H2,1H3. The summed E-state index contributed by atoms with van der Waals surface area (Å²) in [6.07, 6.45) is 4.53. The van der Waals surface area contributed by atoms with Crippen LogP contribution in [0.3, 0.4) is 0 Å². The van der Waals surface area contributed by atoms with Gasteiger partial charge in [0.15, 0.2) is 0 Å². The van der Waals surface area contributed by atoms with Gasteiger partial charge in [0.2, 0.25) is 10.0 Å². The maximum Gasteiger partial charge on any atom is 0.212 e. The lowest BCUT2D eigenvalue weighted by molar-refractivity contribution is 0.423. The Morgan fingerprint density at radius 1 is 1.06 bits per heavy atom. The molecule has 1 aliphatic rings. The van der Waals surface area contributed by atoms with Crippen LogP contribution in [-0.4, -0.2) is 45.5 Å². The van der Waals surface area contributed by atoms with Crippen LogP contribution in [-0.2, 0) is 19.9 Å². The average molecular weight is 348 g/mol. The molecule has 5 nitrogen and oxygen atoms in total. The zero-order chi connectivity index (χ0) is 13.1. The smallest absolute Gasteiger partial charge is 0.212 e. The zero-order valence-corrected chi connectivity index (χ0v) is 12.9. The Hall–Kier alpha value is 0.340. The summed E-state index contributed by atoms with van der Waals surface area (Å²) in [5.41, 5.74) is 0. The molecule has 1 aliphatic carbocycles. The van der Waals surface area contributed by atoms with Crippen LogP contribution < -0.4 is 4.72 Å². The summed E-state index contributed by atoms with van der Waals surface area (Å²) in [5, 5.41) is 0. The van der Waals surface area contributed by atoms with E-state index in [0.29, 0.717) is 4.83 Å². The average Bonchev–Trinajstić information content (AvgIpc) is 2.18. The van der Waals surface area contributed by atoms with Crippen LogP contribution >= 0.6 is 15.9 Å². The minimum absolute atomic E-state index is 0.0478. The summed E-state index contributed by atoms with van der Waals surface area (Å²) in [7, 11) is -6.71. The molecular formula is C9H18BrNO4S2. The maximum atomic E-state index is 11.6. The number of sulfonamides is 1. The van der Waals surface area contributed by atoms with E-state index >= 15 is 0 Å². The fourth-order valence-electron chi connectivity index (χ4n) is 1.74. The summed E-state index contributed by atoms with van der Waals surface area (Å²) in [5.74, 6) is -0.670. The van der Waals surface area contributed by atoms with Crippen molar-refractivity contribution in [3.63, 3.8) is 0 Å². The normalized spacial score (nSPS) is 26.9. The molecule has 0 amide bonds. The molecule has 1 saturated carbocycles. The molecule has 0 radical (unpaired) electrons. The number of nitrogens with one attached hydrogen (secondary N) is 1. The van der Waals surface area contributed by atoms with Crippen LogP contribution in [0.25, 0.3) is 0 Å². The number of hydrogen-bond acceptors (Lipinski definition) is 4. The predicted octanol–water partition coefficient (Wildman–Crippen LogP) is 0.657. The molecule has 0 aliphatic heterocycles. The van der Waals surface area contributed by atoms with Crippen LogP contribution in [0.15, 0.2) is 0 Å². The van der Waals surface area contributed by atoms with Gasteiger partial charge < -0.3 is 0 Å². The summed E-state index contributed by atoms with van der Waals surface area (Å²) in [4.78, 5) is 0.472. The van der Waals surface area contributed by atoms with Crippen molar-refractivity contribution < 1.29 is 16.8 Å². The lowest BCUT2D eigenvalue weighted by Crippen LogP contribution is -2.40. The highest BCUT2D eigenvalue weighted by Gasteiger charge is 2.24. The van der Waals surface area contributed by atoms with Crippen molar-refractivity contribution in [3.05, 3.63) is 0 Å². The van der Waals surface area contributed by atoms with Crippen molar-refractivity contribution in [2.45, 2.75) is 36.6 Å². The van der Waals surface area contributed by atoms with Crippen molar-refractivity contribution in [2.24, 2.45) is 0 Å². The number of halogens is 1. The highest BCUT2D eigenvalue weighted by atomic mass is 79.9. The van der Waals surface area contributed by atoms with Gasteiger partial charge in [0.05, 0.1) is 11.5 Å². The Labute approximate surface area is 111 Å². The number of alkyl halides is 1. The lowest BCUT2D eigenvalue weighted by atomic mass is 9.96. The van der Waals surface area contributed by atoms with E-state index in [9.17, 15) is 16.8 Å². The van der Waals surface area contributed by atoms with Gasteiger partial charge in [-0.05, 0) is 25.7 Å². The summed E-state index contributed by atoms with van der Waals surface area (Å²) in [6.45, 7) is 0. The van der Waals surface area contributed by atoms with Crippen LogP contribution in [0.2, 0.25) is 0 Å². The minimum Gasteiger partial charge on any atom is -0.229 e. The van der Waals surface area contributed by atoms with Gasteiger partial charge in [0.1, 0.15) is 9.84 Å². The second-order valence-electron chi connectivity index (χ2n) is 4.52. The van der Waals surface area contributed by atoms with E-state index in [2.05, 4.69) is 20.7 Å². The van der Waals surface area contributed by atoms with Crippen molar-refractivity contribution >= 4 is 35.8 Å². The van der Waals surface area contributed by atoms with Crippen LogP contribution in [0, 0.1) is 0 Å². The Balaban J connectivity index is 2.44. The SMILES string of the molecule is CS(=O)(=O)CCS(=O)(=O)NC1CCC(Br)CC1. The molecule has 0 spiro atoms. The molecular weight excluding hydrogens is 330 g/mol. The Morgan fingerprint density at radius 3 is 2.06 bits per heavy atom. The van der Waals surface area contributed by atoms with Crippen LogP contribution in [0.4, 0.5) is 0 Å². The van der Waals surface area contributed by atoms with Gasteiger partial charge in [0.25, 0.3) is 0 Å². The first kappa shape index (κ1) is 15.4. The molecule has 0 atom stereocenters. The van der Waals surface area contributed by atoms with Gasteiger partial charge in [-0.2, -0.15) is 0 Å². The van der Waals surface area contributed by atoms with Crippen molar-refractivity contribution in [1.82, 2.24) is 4.72 Å². The predicted molar refractivity (Wildman–Crippen MR) is 71.6 cm³/mol. The molecule has 8 heteroatoms. The maximum absolute atomic E-state index is 11.6. The van der Waals surface area contributed by atoms with E-state index in [-0.39, 0.29) is 17.5 Å². The molecule has 1 N–H and O–H groups in total. The molecule has 1 fully saturated rings. The first-order chi connectivity index (χ1) is 7.68. The van der Waals surface area contributed by atoms with E-state index in [1.807, 2.05) is 0 Å². The molecule has 0 aromatic rings. The van der Waals surface area contributed by atoms with Crippen molar-refractivity contribution in [3.8, 4) is 0 Å².